The van der Waals surface area contributed by atoms with Crippen LogP contribution in [0.15, 0.2) is 12.5 Å². The molecule has 0 aliphatic carbocycles. The second-order valence-electron chi connectivity index (χ2n) is 4.89. The average Bonchev–Trinajstić information content (AvgIpc) is 3.00. The number of anilines is 1. The number of nitrogen functional groups attached to an aromatic ring is 1. The van der Waals surface area contributed by atoms with E-state index in [1.54, 1.807) is 0 Å². The highest BCUT2D eigenvalue weighted by Crippen LogP contribution is 2.39. The average molecular weight is 325 g/mol. The van der Waals surface area contributed by atoms with Crippen molar-refractivity contribution in [2.45, 2.75) is 24.7 Å². The van der Waals surface area contributed by atoms with Gasteiger partial charge in [0.2, 0.25) is 13.5 Å². The van der Waals surface area contributed by atoms with E-state index in [1.807, 2.05) is 0 Å². The first-order valence-electron chi connectivity index (χ1n) is 6.38. The normalized spacial score (nSPS) is 28.0. The van der Waals surface area contributed by atoms with Crippen LogP contribution in [0.2, 0.25) is 0 Å². The van der Waals surface area contributed by atoms with Gasteiger partial charge in [-0.15, -0.1) is 0 Å². The topological polar surface area (TPSA) is 145 Å². The summed E-state index contributed by atoms with van der Waals surface area (Å²) in [5, 5.41) is 14.0. The van der Waals surface area contributed by atoms with Gasteiger partial charge in [-0.25, -0.2) is 9.97 Å². The third-order valence-electron chi connectivity index (χ3n) is 3.35. The van der Waals surface area contributed by atoms with E-state index < -0.39 is 25.8 Å². The maximum Gasteiger partial charge on any atom is 0.261 e. The van der Waals surface area contributed by atoms with Crippen molar-refractivity contribution in [3.8, 4) is 0 Å². The van der Waals surface area contributed by atoms with Crippen LogP contribution in [0.3, 0.4) is 0 Å². The van der Waals surface area contributed by atoms with Crippen LogP contribution in [0.5, 0.6) is 0 Å². The van der Waals surface area contributed by atoms with E-state index in [-0.39, 0.29) is 19.0 Å². The Bertz CT molecular complexity index is 736. The van der Waals surface area contributed by atoms with Crippen molar-refractivity contribution < 1.29 is 23.8 Å². The second kappa shape index (κ2) is 5.60. The predicted molar refractivity (Wildman–Crippen MR) is 75.0 cm³/mol. The van der Waals surface area contributed by atoms with Crippen LogP contribution in [0.1, 0.15) is 18.1 Å². The van der Waals surface area contributed by atoms with Crippen LogP contribution in [0.25, 0.3) is 5.65 Å². The van der Waals surface area contributed by atoms with Crippen LogP contribution < -0.4 is 5.73 Å². The summed E-state index contributed by atoms with van der Waals surface area (Å²) in [6, 6.07) is 0. The molecule has 2 aromatic rings. The standard InChI is InChI=1S/C10H13BN5O5P/c11-22(18,19)20-3-8-6(17)1-7(21-8)5-2-15-16-9(5)13-4-14-10(16)12/h2,4,6-8,17H,1,3H2,(H,18,19)(H2,12,13,14). The van der Waals surface area contributed by atoms with Gasteiger partial charge in [0.15, 0.2) is 5.65 Å². The molecule has 4 unspecified atom stereocenters. The molecule has 10 nitrogen and oxygen atoms in total. The Morgan fingerprint density at radius 2 is 2.36 bits per heavy atom. The minimum atomic E-state index is -4.11. The quantitative estimate of drug-likeness (QED) is 0.485. The molecule has 0 saturated carbocycles. The zero-order valence-electron chi connectivity index (χ0n) is 11.3. The molecule has 3 rings (SSSR count). The van der Waals surface area contributed by atoms with E-state index in [9.17, 15) is 9.67 Å². The van der Waals surface area contributed by atoms with Gasteiger partial charge < -0.3 is 25.0 Å². The molecular formula is C10H13BN5O5P. The zero-order chi connectivity index (χ0) is 15.9. The lowest BCUT2D eigenvalue weighted by atomic mass is 10.1. The first kappa shape index (κ1) is 15.4. The fraction of sp³-hybridized carbons (Fsp3) is 0.500. The zero-order valence-corrected chi connectivity index (χ0v) is 12.2. The van der Waals surface area contributed by atoms with Gasteiger partial charge in [0.05, 0.1) is 25.0 Å². The molecule has 12 heteroatoms. The first-order chi connectivity index (χ1) is 10.3. The SMILES string of the molecule is [B]P(=O)(O)OCC1OC(c2cnn3c(N)ncnc23)CC1O. The van der Waals surface area contributed by atoms with E-state index in [4.69, 9.17) is 22.9 Å². The lowest BCUT2D eigenvalue weighted by molar-refractivity contribution is -0.0172. The molecule has 3 heterocycles. The molecule has 1 fully saturated rings. The number of aliphatic hydroxyl groups is 1. The molecule has 0 spiro atoms. The number of hydrogen-bond acceptors (Lipinski definition) is 8. The Hall–Kier alpha value is -1.52. The Morgan fingerprint density at radius 1 is 1.59 bits per heavy atom. The Kier molecular flexibility index (Phi) is 3.91. The number of fused-ring (bicyclic) bond motifs is 1. The molecule has 4 N–H and O–H groups in total. The minimum Gasteiger partial charge on any atom is -0.390 e. The molecule has 4 atom stereocenters. The van der Waals surface area contributed by atoms with E-state index in [0.29, 0.717) is 11.2 Å². The number of aromatic nitrogens is 4. The predicted octanol–water partition coefficient (Wildman–Crippen LogP) is -0.817. The molecule has 2 aromatic heterocycles. The van der Waals surface area contributed by atoms with Crippen molar-refractivity contribution in [2.24, 2.45) is 0 Å². The molecular weight excluding hydrogens is 312 g/mol. The maximum atomic E-state index is 10.9. The van der Waals surface area contributed by atoms with Crippen molar-refractivity contribution in [1.29, 1.82) is 0 Å². The smallest absolute Gasteiger partial charge is 0.261 e. The van der Waals surface area contributed by atoms with Gasteiger partial charge in [-0.1, -0.05) is 0 Å². The monoisotopic (exact) mass is 325 g/mol. The fourth-order valence-electron chi connectivity index (χ4n) is 2.34. The summed E-state index contributed by atoms with van der Waals surface area (Å²) < 4.78 is 22.5. The molecule has 116 valence electrons. The lowest BCUT2D eigenvalue weighted by Gasteiger charge is -2.16. The third kappa shape index (κ3) is 2.99. The minimum absolute atomic E-state index is 0.180. The highest BCUT2D eigenvalue weighted by Gasteiger charge is 2.37. The van der Waals surface area contributed by atoms with Gasteiger partial charge >= 0.3 is 0 Å². The van der Waals surface area contributed by atoms with Crippen LogP contribution in [0.4, 0.5) is 5.95 Å². The van der Waals surface area contributed by atoms with Crippen LogP contribution in [-0.2, 0) is 13.8 Å². The molecule has 1 saturated heterocycles. The molecule has 1 aliphatic heterocycles. The highest BCUT2D eigenvalue weighted by molar-refractivity contribution is 7.78. The highest BCUT2D eigenvalue weighted by atomic mass is 31.2. The first-order valence-corrected chi connectivity index (χ1v) is 8.03. The van der Waals surface area contributed by atoms with E-state index >= 15 is 0 Å². The fourth-order valence-corrected chi connectivity index (χ4v) is 2.70. The number of rotatable bonds is 4. The number of hydrogen-bond donors (Lipinski definition) is 3. The van der Waals surface area contributed by atoms with Gasteiger partial charge in [-0.3, -0.25) is 4.57 Å². The van der Waals surface area contributed by atoms with Crippen molar-refractivity contribution >= 4 is 26.6 Å². The summed E-state index contributed by atoms with van der Waals surface area (Å²) in [6.07, 6.45) is 0.957. The van der Waals surface area contributed by atoms with Gasteiger partial charge in [-0.05, 0) is 0 Å². The molecule has 22 heavy (non-hydrogen) atoms. The summed E-state index contributed by atoms with van der Waals surface area (Å²) >= 11 is 0. The number of nitrogens with zero attached hydrogens (tertiary/aromatic N) is 4. The summed E-state index contributed by atoms with van der Waals surface area (Å²) in [6.45, 7) is -0.293. The summed E-state index contributed by atoms with van der Waals surface area (Å²) in [5.41, 5.74) is 6.79. The van der Waals surface area contributed by atoms with Crippen molar-refractivity contribution in [1.82, 2.24) is 19.6 Å². The number of nitrogens with two attached hydrogens (primary N) is 1. The maximum absolute atomic E-state index is 10.9. The number of ether oxygens (including phenoxy) is 1. The summed E-state index contributed by atoms with van der Waals surface area (Å²) in [5.74, 6) is 0.180. The Labute approximate surface area is 126 Å². The summed E-state index contributed by atoms with van der Waals surface area (Å²) in [4.78, 5) is 16.8. The van der Waals surface area contributed by atoms with E-state index in [0.717, 1.165) is 0 Å². The van der Waals surface area contributed by atoms with E-state index in [2.05, 4.69) is 19.6 Å². The van der Waals surface area contributed by atoms with Gasteiger partial charge in [0.1, 0.15) is 12.4 Å². The molecule has 1 aliphatic rings. The van der Waals surface area contributed by atoms with Gasteiger partial charge in [0, 0.05) is 12.0 Å². The van der Waals surface area contributed by atoms with Gasteiger partial charge in [0.25, 0.3) is 7.47 Å². The van der Waals surface area contributed by atoms with Crippen molar-refractivity contribution in [3.05, 3.63) is 18.1 Å². The third-order valence-corrected chi connectivity index (χ3v) is 3.87. The molecule has 0 aromatic carbocycles. The molecule has 0 amide bonds. The Balaban J connectivity index is 1.78. The Morgan fingerprint density at radius 3 is 3.09 bits per heavy atom. The lowest BCUT2D eigenvalue weighted by Crippen LogP contribution is -2.25. The van der Waals surface area contributed by atoms with Crippen molar-refractivity contribution in [2.75, 3.05) is 12.3 Å². The van der Waals surface area contributed by atoms with Crippen LogP contribution >= 0.6 is 7.47 Å². The largest absolute Gasteiger partial charge is 0.390 e. The molecule has 0 bridgehead atoms. The number of aliphatic hydroxyl groups excluding tert-OH is 1. The van der Waals surface area contributed by atoms with E-state index in [1.165, 1.54) is 17.0 Å². The van der Waals surface area contributed by atoms with Crippen molar-refractivity contribution in [3.63, 3.8) is 0 Å². The summed E-state index contributed by atoms with van der Waals surface area (Å²) in [7, 11) is 0.772. The molecule has 2 radical (unpaired) electrons. The van der Waals surface area contributed by atoms with Crippen LogP contribution in [0, 0.1) is 0 Å². The van der Waals surface area contributed by atoms with Gasteiger partial charge in [-0.2, -0.15) is 9.61 Å². The second-order valence-corrected chi connectivity index (χ2v) is 6.28. The van der Waals surface area contributed by atoms with Crippen LogP contribution in [-0.4, -0.2) is 56.0 Å².